The van der Waals surface area contributed by atoms with Gasteiger partial charge in [0, 0.05) is 6.20 Å². The number of aromatic carboxylic acids is 1. The van der Waals surface area contributed by atoms with Gasteiger partial charge in [0.05, 0.1) is 20.9 Å². The average molecular weight is 276 g/mol. The molecule has 15 heavy (non-hydrogen) atoms. The van der Waals surface area contributed by atoms with E-state index in [1.165, 1.54) is 0 Å². The third-order valence-electron chi connectivity index (χ3n) is 2.03. The number of rotatable bonds is 1. The van der Waals surface area contributed by atoms with E-state index in [0.29, 0.717) is 0 Å². The monoisotopic (exact) mass is 275 g/mol. The fraction of sp³-hybridized carbons (Fsp3) is 0. The Morgan fingerprint density at radius 1 is 1.47 bits per heavy atom. The molecule has 78 valence electrons. The summed E-state index contributed by atoms with van der Waals surface area (Å²) in [6.45, 7) is 0. The van der Waals surface area contributed by atoms with Gasteiger partial charge < -0.3 is 10.1 Å². The van der Waals surface area contributed by atoms with E-state index in [1.807, 2.05) is 0 Å². The highest BCUT2D eigenvalue weighted by atomic mass is 79.9. The number of carboxylic acids is 1. The summed E-state index contributed by atoms with van der Waals surface area (Å²) in [5.74, 6) is -2.96. The largest absolute Gasteiger partial charge is 0.478 e. The second-order valence-electron chi connectivity index (χ2n) is 2.92. The Balaban J connectivity index is 2.91. The number of aromatic nitrogens is 1. The average Bonchev–Trinajstić information content (AvgIpc) is 2.58. The molecule has 2 rings (SSSR count). The number of carboxylic acid groups (broad SMARTS) is 1. The van der Waals surface area contributed by atoms with Gasteiger partial charge in [-0.15, -0.1) is 0 Å². The summed E-state index contributed by atoms with van der Waals surface area (Å²) in [6, 6.07) is 1.04. The maximum atomic E-state index is 13.5. The Labute approximate surface area is 90.8 Å². The molecule has 3 nitrogen and oxygen atoms in total. The molecule has 0 spiro atoms. The molecule has 0 aliphatic heterocycles. The van der Waals surface area contributed by atoms with Gasteiger partial charge in [0.25, 0.3) is 0 Å². The van der Waals surface area contributed by atoms with E-state index in [0.717, 1.165) is 12.3 Å². The van der Waals surface area contributed by atoms with Gasteiger partial charge in [-0.1, -0.05) is 0 Å². The second-order valence-corrected chi connectivity index (χ2v) is 3.71. The first-order valence-electron chi connectivity index (χ1n) is 3.90. The summed E-state index contributed by atoms with van der Waals surface area (Å²) in [7, 11) is 0. The summed E-state index contributed by atoms with van der Waals surface area (Å²) in [5, 5.41) is 8.63. The van der Waals surface area contributed by atoms with Crippen molar-refractivity contribution in [1.29, 1.82) is 0 Å². The van der Waals surface area contributed by atoms with E-state index in [4.69, 9.17) is 5.11 Å². The molecule has 0 unspecified atom stereocenters. The van der Waals surface area contributed by atoms with Crippen LogP contribution in [0.25, 0.3) is 10.9 Å². The number of nitrogens with one attached hydrogen (secondary N) is 1. The van der Waals surface area contributed by atoms with Crippen LogP contribution in [0.2, 0.25) is 0 Å². The number of fused-ring (bicyclic) bond motifs is 1. The standard InChI is InChI=1S/C9H4BrF2NO2/c10-7-4(11)1-5-6(8(7)12)3(2-13-5)9(14)15/h1-2,13H,(H,14,15). The molecule has 1 heterocycles. The number of aromatic amines is 1. The molecule has 0 aliphatic rings. The van der Waals surface area contributed by atoms with E-state index < -0.39 is 17.6 Å². The molecule has 0 amide bonds. The number of hydrogen-bond donors (Lipinski definition) is 2. The number of H-pyrrole nitrogens is 1. The van der Waals surface area contributed by atoms with Crippen LogP contribution in [-0.4, -0.2) is 16.1 Å². The highest BCUT2D eigenvalue weighted by molar-refractivity contribution is 9.10. The Morgan fingerprint density at radius 2 is 2.13 bits per heavy atom. The van der Waals surface area contributed by atoms with Crippen LogP contribution in [0.1, 0.15) is 10.4 Å². The summed E-state index contributed by atoms with van der Waals surface area (Å²) in [4.78, 5) is 13.2. The maximum Gasteiger partial charge on any atom is 0.337 e. The van der Waals surface area contributed by atoms with Gasteiger partial charge in [0.15, 0.2) is 5.82 Å². The Morgan fingerprint density at radius 3 is 2.73 bits per heavy atom. The van der Waals surface area contributed by atoms with Crippen LogP contribution in [0.15, 0.2) is 16.7 Å². The normalized spacial score (nSPS) is 10.9. The predicted molar refractivity (Wildman–Crippen MR) is 52.9 cm³/mol. The molecule has 1 aromatic carbocycles. The first-order valence-corrected chi connectivity index (χ1v) is 4.69. The highest BCUT2D eigenvalue weighted by Gasteiger charge is 2.19. The molecule has 6 heteroatoms. The molecule has 0 atom stereocenters. The zero-order valence-electron chi connectivity index (χ0n) is 7.14. The molecule has 2 N–H and O–H groups in total. The lowest BCUT2D eigenvalue weighted by Gasteiger charge is -1.99. The minimum Gasteiger partial charge on any atom is -0.478 e. The van der Waals surface area contributed by atoms with Gasteiger partial charge in [-0.2, -0.15) is 0 Å². The van der Waals surface area contributed by atoms with E-state index >= 15 is 0 Å². The topological polar surface area (TPSA) is 53.1 Å². The SMILES string of the molecule is O=C(O)c1c[nH]c2cc(F)c(Br)c(F)c12. The summed E-state index contributed by atoms with van der Waals surface area (Å²) < 4.78 is 26.2. The smallest absolute Gasteiger partial charge is 0.337 e. The van der Waals surface area contributed by atoms with Crippen molar-refractivity contribution in [3.8, 4) is 0 Å². The van der Waals surface area contributed by atoms with Gasteiger partial charge in [0.1, 0.15) is 5.82 Å². The summed E-state index contributed by atoms with van der Waals surface area (Å²) >= 11 is 2.71. The van der Waals surface area contributed by atoms with E-state index in [1.54, 1.807) is 0 Å². The van der Waals surface area contributed by atoms with Crippen LogP contribution >= 0.6 is 15.9 Å². The first-order chi connectivity index (χ1) is 7.02. The van der Waals surface area contributed by atoms with Gasteiger partial charge in [-0.3, -0.25) is 0 Å². The van der Waals surface area contributed by atoms with Crippen LogP contribution < -0.4 is 0 Å². The lowest BCUT2D eigenvalue weighted by molar-refractivity contribution is 0.0699. The van der Waals surface area contributed by atoms with Crippen LogP contribution in [0.5, 0.6) is 0 Å². The molecule has 0 fully saturated rings. The molecule has 2 aromatic rings. The van der Waals surface area contributed by atoms with Crippen molar-refractivity contribution in [2.24, 2.45) is 0 Å². The number of hydrogen-bond acceptors (Lipinski definition) is 1. The lowest BCUT2D eigenvalue weighted by atomic mass is 10.1. The van der Waals surface area contributed by atoms with Gasteiger partial charge in [-0.05, 0) is 22.0 Å². The van der Waals surface area contributed by atoms with Crippen LogP contribution in [0.4, 0.5) is 8.78 Å². The van der Waals surface area contributed by atoms with Crippen molar-refractivity contribution in [3.63, 3.8) is 0 Å². The zero-order valence-corrected chi connectivity index (χ0v) is 8.73. The molecule has 1 aromatic heterocycles. The van der Waals surface area contributed by atoms with Crippen molar-refractivity contribution in [2.75, 3.05) is 0 Å². The predicted octanol–water partition coefficient (Wildman–Crippen LogP) is 2.91. The number of halogens is 3. The fourth-order valence-corrected chi connectivity index (χ4v) is 1.68. The highest BCUT2D eigenvalue weighted by Crippen LogP contribution is 2.29. The quantitative estimate of drug-likeness (QED) is 0.787. The Bertz CT molecular complexity index is 565. The van der Waals surface area contributed by atoms with Crippen LogP contribution in [-0.2, 0) is 0 Å². The van der Waals surface area contributed by atoms with Gasteiger partial charge in [-0.25, -0.2) is 13.6 Å². The minimum atomic E-state index is -1.27. The van der Waals surface area contributed by atoms with Crippen molar-refractivity contribution in [1.82, 2.24) is 4.98 Å². The van der Waals surface area contributed by atoms with Crippen molar-refractivity contribution >= 4 is 32.8 Å². The van der Waals surface area contributed by atoms with Crippen LogP contribution in [0, 0.1) is 11.6 Å². The van der Waals surface area contributed by atoms with Gasteiger partial charge >= 0.3 is 5.97 Å². The third-order valence-corrected chi connectivity index (χ3v) is 2.76. The van der Waals surface area contributed by atoms with E-state index in [9.17, 15) is 13.6 Å². The van der Waals surface area contributed by atoms with E-state index in [2.05, 4.69) is 20.9 Å². The minimum absolute atomic E-state index is 0.116. The van der Waals surface area contributed by atoms with Gasteiger partial charge in [0.2, 0.25) is 0 Å². The Kier molecular flexibility index (Phi) is 2.22. The lowest BCUT2D eigenvalue weighted by Crippen LogP contribution is -1.96. The number of benzene rings is 1. The molecular weight excluding hydrogens is 272 g/mol. The molecular formula is C9H4BrF2NO2. The molecule has 0 bridgehead atoms. The first kappa shape index (κ1) is 10.1. The Hall–Kier alpha value is -1.43. The van der Waals surface area contributed by atoms with Crippen molar-refractivity contribution in [2.45, 2.75) is 0 Å². The van der Waals surface area contributed by atoms with Crippen LogP contribution in [0.3, 0.4) is 0 Å². The summed E-state index contributed by atoms with van der Waals surface area (Å²) in [5.41, 5.74) is -0.103. The van der Waals surface area contributed by atoms with E-state index in [-0.39, 0.29) is 20.9 Å². The van der Waals surface area contributed by atoms with Crippen molar-refractivity contribution in [3.05, 3.63) is 33.9 Å². The third kappa shape index (κ3) is 1.41. The molecule has 0 aliphatic carbocycles. The zero-order chi connectivity index (χ0) is 11.2. The molecule has 0 saturated heterocycles. The van der Waals surface area contributed by atoms with Crippen molar-refractivity contribution < 1.29 is 18.7 Å². The number of carbonyl (C=O) groups is 1. The molecule has 0 radical (unpaired) electrons. The second kappa shape index (κ2) is 3.30. The summed E-state index contributed by atoms with van der Waals surface area (Å²) in [6.07, 6.45) is 1.13. The fourth-order valence-electron chi connectivity index (χ4n) is 1.36. The maximum absolute atomic E-state index is 13.5. The molecule has 0 saturated carbocycles.